The standard InChI is InChI=1S/C16H21N3O3S2/c1-12-6-7-14(24(21,22)19(2)3)9-15(12)17-11-16(20)18-10-13-5-4-8-23-13/h4-9,17H,10-11H2,1-3H3,(H,18,20). The monoisotopic (exact) mass is 367 g/mol. The fraction of sp³-hybridized carbons (Fsp3) is 0.312. The van der Waals surface area contributed by atoms with Gasteiger partial charge in [-0.25, -0.2) is 12.7 Å². The van der Waals surface area contributed by atoms with Crippen LogP contribution < -0.4 is 10.6 Å². The fourth-order valence-corrected chi connectivity index (χ4v) is 3.57. The zero-order chi connectivity index (χ0) is 17.7. The van der Waals surface area contributed by atoms with Crippen molar-refractivity contribution in [2.45, 2.75) is 18.4 Å². The average Bonchev–Trinajstić information content (AvgIpc) is 3.05. The summed E-state index contributed by atoms with van der Waals surface area (Å²) in [4.78, 5) is 13.2. The van der Waals surface area contributed by atoms with Crippen LogP contribution in [0.3, 0.4) is 0 Å². The van der Waals surface area contributed by atoms with Crippen LogP contribution in [0.5, 0.6) is 0 Å². The van der Waals surface area contributed by atoms with Crippen LogP contribution in [0.4, 0.5) is 5.69 Å². The summed E-state index contributed by atoms with van der Waals surface area (Å²) in [5.41, 5.74) is 1.50. The molecule has 0 atom stereocenters. The molecule has 130 valence electrons. The second kappa shape index (κ2) is 7.78. The van der Waals surface area contributed by atoms with Gasteiger partial charge in [-0.2, -0.15) is 0 Å². The lowest BCUT2D eigenvalue weighted by Gasteiger charge is -2.15. The summed E-state index contributed by atoms with van der Waals surface area (Å²) >= 11 is 1.58. The van der Waals surface area contributed by atoms with Gasteiger partial charge in [0.2, 0.25) is 15.9 Å². The van der Waals surface area contributed by atoms with E-state index in [0.717, 1.165) is 14.7 Å². The number of sulfonamides is 1. The van der Waals surface area contributed by atoms with Gasteiger partial charge in [0, 0.05) is 24.7 Å². The molecule has 1 heterocycles. The molecule has 0 unspecified atom stereocenters. The van der Waals surface area contributed by atoms with E-state index in [9.17, 15) is 13.2 Å². The molecule has 0 radical (unpaired) electrons. The van der Waals surface area contributed by atoms with Crippen LogP contribution in [0.1, 0.15) is 10.4 Å². The number of carbonyl (C=O) groups is 1. The Balaban J connectivity index is 2.00. The van der Waals surface area contributed by atoms with Crippen LogP contribution in [0.2, 0.25) is 0 Å². The Kier molecular flexibility index (Phi) is 5.98. The van der Waals surface area contributed by atoms with Gasteiger partial charge in [0.25, 0.3) is 0 Å². The number of nitrogens with zero attached hydrogens (tertiary/aromatic N) is 1. The molecule has 1 amide bonds. The lowest BCUT2D eigenvalue weighted by Crippen LogP contribution is -2.29. The molecule has 24 heavy (non-hydrogen) atoms. The highest BCUT2D eigenvalue weighted by Crippen LogP contribution is 2.21. The van der Waals surface area contributed by atoms with Gasteiger partial charge in [-0.05, 0) is 36.1 Å². The largest absolute Gasteiger partial charge is 0.376 e. The normalized spacial score (nSPS) is 11.5. The minimum absolute atomic E-state index is 0.0810. The van der Waals surface area contributed by atoms with Crippen molar-refractivity contribution in [2.75, 3.05) is 26.0 Å². The van der Waals surface area contributed by atoms with Crippen LogP contribution in [-0.2, 0) is 21.4 Å². The van der Waals surface area contributed by atoms with Gasteiger partial charge in [-0.1, -0.05) is 12.1 Å². The minimum Gasteiger partial charge on any atom is -0.376 e. The molecule has 1 aromatic carbocycles. The van der Waals surface area contributed by atoms with Crippen molar-refractivity contribution in [3.05, 3.63) is 46.2 Å². The van der Waals surface area contributed by atoms with E-state index < -0.39 is 10.0 Å². The molecule has 0 aliphatic carbocycles. The number of thiophene rings is 1. The highest BCUT2D eigenvalue weighted by Gasteiger charge is 2.18. The molecule has 1 aromatic heterocycles. The summed E-state index contributed by atoms with van der Waals surface area (Å²) in [7, 11) is -0.528. The maximum absolute atomic E-state index is 12.2. The quantitative estimate of drug-likeness (QED) is 0.785. The molecule has 2 aromatic rings. The minimum atomic E-state index is -3.50. The van der Waals surface area contributed by atoms with Gasteiger partial charge in [-0.3, -0.25) is 4.79 Å². The SMILES string of the molecule is Cc1ccc(S(=O)(=O)N(C)C)cc1NCC(=O)NCc1cccs1. The van der Waals surface area contributed by atoms with Crippen LogP contribution in [0.15, 0.2) is 40.6 Å². The summed E-state index contributed by atoms with van der Waals surface area (Å²) in [6.07, 6.45) is 0. The van der Waals surface area contributed by atoms with E-state index in [0.29, 0.717) is 12.2 Å². The molecule has 0 spiro atoms. The molecule has 2 rings (SSSR count). The number of rotatable bonds is 7. The highest BCUT2D eigenvalue weighted by molar-refractivity contribution is 7.89. The molecule has 8 heteroatoms. The van der Waals surface area contributed by atoms with Crippen LogP contribution >= 0.6 is 11.3 Å². The summed E-state index contributed by atoms with van der Waals surface area (Å²) in [6.45, 7) is 2.43. The zero-order valence-electron chi connectivity index (χ0n) is 13.9. The number of hydrogen-bond acceptors (Lipinski definition) is 5. The Morgan fingerprint density at radius 3 is 2.62 bits per heavy atom. The molecule has 0 saturated heterocycles. The van der Waals surface area contributed by atoms with Crippen LogP contribution in [0.25, 0.3) is 0 Å². The Hall–Kier alpha value is -1.90. The fourth-order valence-electron chi connectivity index (χ4n) is 2.00. The maximum Gasteiger partial charge on any atom is 0.242 e. The highest BCUT2D eigenvalue weighted by atomic mass is 32.2. The van der Waals surface area contributed by atoms with E-state index in [2.05, 4.69) is 10.6 Å². The van der Waals surface area contributed by atoms with E-state index in [-0.39, 0.29) is 17.3 Å². The molecule has 0 saturated carbocycles. The van der Waals surface area contributed by atoms with Gasteiger partial charge < -0.3 is 10.6 Å². The smallest absolute Gasteiger partial charge is 0.242 e. The Bertz CT molecular complexity index is 800. The Morgan fingerprint density at radius 1 is 1.25 bits per heavy atom. The van der Waals surface area contributed by atoms with Gasteiger partial charge in [0.05, 0.1) is 18.0 Å². The van der Waals surface area contributed by atoms with Gasteiger partial charge >= 0.3 is 0 Å². The average molecular weight is 367 g/mol. The lowest BCUT2D eigenvalue weighted by molar-refractivity contribution is -0.119. The van der Waals surface area contributed by atoms with E-state index in [1.807, 2.05) is 24.4 Å². The number of aryl methyl sites for hydroxylation is 1. The topological polar surface area (TPSA) is 78.5 Å². The van der Waals surface area contributed by atoms with Crippen molar-refractivity contribution in [2.24, 2.45) is 0 Å². The zero-order valence-corrected chi connectivity index (χ0v) is 15.5. The predicted molar refractivity (Wildman–Crippen MR) is 96.7 cm³/mol. The number of amides is 1. The van der Waals surface area contributed by atoms with Crippen molar-refractivity contribution in [1.82, 2.24) is 9.62 Å². The van der Waals surface area contributed by atoms with E-state index >= 15 is 0 Å². The number of carbonyl (C=O) groups excluding carboxylic acids is 1. The van der Waals surface area contributed by atoms with E-state index in [4.69, 9.17) is 0 Å². The van der Waals surface area contributed by atoms with Crippen LogP contribution in [0, 0.1) is 6.92 Å². The first-order valence-electron chi connectivity index (χ1n) is 7.37. The number of anilines is 1. The number of nitrogens with one attached hydrogen (secondary N) is 2. The van der Waals surface area contributed by atoms with Crippen molar-refractivity contribution < 1.29 is 13.2 Å². The first kappa shape index (κ1) is 18.4. The summed E-state index contributed by atoms with van der Waals surface area (Å²) in [5.74, 6) is -0.149. The van der Waals surface area contributed by atoms with Gasteiger partial charge in [0.1, 0.15) is 0 Å². The molecule has 2 N–H and O–H groups in total. The molecule has 0 bridgehead atoms. The number of benzene rings is 1. The Labute approximate surface area is 146 Å². The third-order valence-corrected chi connectivity index (χ3v) is 6.15. The summed E-state index contributed by atoms with van der Waals surface area (Å²) in [6, 6.07) is 8.73. The number of hydrogen-bond donors (Lipinski definition) is 2. The molecule has 0 aliphatic rings. The van der Waals surface area contributed by atoms with Crippen molar-refractivity contribution in [3.63, 3.8) is 0 Å². The maximum atomic E-state index is 12.2. The summed E-state index contributed by atoms with van der Waals surface area (Å²) in [5, 5.41) is 7.78. The second-order valence-corrected chi connectivity index (χ2v) is 8.66. The van der Waals surface area contributed by atoms with Crippen molar-refractivity contribution in [1.29, 1.82) is 0 Å². The third kappa shape index (κ3) is 4.56. The second-order valence-electron chi connectivity index (χ2n) is 5.47. The first-order chi connectivity index (χ1) is 11.3. The third-order valence-electron chi connectivity index (χ3n) is 3.47. The van der Waals surface area contributed by atoms with Crippen LogP contribution in [-0.4, -0.2) is 39.3 Å². The molecular formula is C16H21N3O3S2. The Morgan fingerprint density at radius 2 is 2.00 bits per heavy atom. The van der Waals surface area contributed by atoms with E-state index in [1.54, 1.807) is 29.5 Å². The van der Waals surface area contributed by atoms with Crippen molar-refractivity contribution in [3.8, 4) is 0 Å². The van der Waals surface area contributed by atoms with E-state index in [1.165, 1.54) is 14.1 Å². The van der Waals surface area contributed by atoms with Crippen molar-refractivity contribution >= 4 is 33.0 Å². The molecule has 0 fully saturated rings. The lowest BCUT2D eigenvalue weighted by atomic mass is 10.2. The van der Waals surface area contributed by atoms with Gasteiger partial charge in [-0.15, -0.1) is 11.3 Å². The summed E-state index contributed by atoms with van der Waals surface area (Å²) < 4.78 is 25.5. The molecule has 6 nitrogen and oxygen atoms in total. The molecular weight excluding hydrogens is 346 g/mol. The first-order valence-corrected chi connectivity index (χ1v) is 9.69. The van der Waals surface area contributed by atoms with Gasteiger partial charge in [0.15, 0.2) is 0 Å². The predicted octanol–water partition coefficient (Wildman–Crippen LogP) is 2.04. The molecule has 0 aliphatic heterocycles.